The van der Waals surface area contributed by atoms with Crippen LogP contribution in [0.3, 0.4) is 0 Å². The second-order valence-electron chi connectivity index (χ2n) is 4.46. The maximum atomic E-state index is 10.9. The van der Waals surface area contributed by atoms with Crippen molar-refractivity contribution in [3.05, 3.63) is 35.9 Å². The second kappa shape index (κ2) is 6.37. The van der Waals surface area contributed by atoms with E-state index in [1.54, 1.807) is 0 Å². The minimum absolute atomic E-state index is 0.0820. The molecular formula is C13H18N2O3. The third kappa shape index (κ3) is 3.72. The van der Waals surface area contributed by atoms with Crippen LogP contribution < -0.4 is 5.48 Å². The number of carbonyl (C=O) groups is 1. The number of hydrogen-bond donors (Lipinski definition) is 2. The van der Waals surface area contributed by atoms with Gasteiger partial charge in [0, 0.05) is 13.1 Å². The molecule has 0 spiro atoms. The molecule has 0 aliphatic carbocycles. The third-order valence-corrected chi connectivity index (χ3v) is 3.02. The zero-order chi connectivity index (χ0) is 12.8. The quantitative estimate of drug-likeness (QED) is 0.801. The van der Waals surface area contributed by atoms with Gasteiger partial charge in [-0.2, -0.15) is 5.48 Å². The van der Waals surface area contributed by atoms with E-state index in [2.05, 4.69) is 5.48 Å². The summed E-state index contributed by atoms with van der Waals surface area (Å²) in [4.78, 5) is 17.7. The van der Waals surface area contributed by atoms with E-state index in [-0.39, 0.29) is 6.04 Å². The summed E-state index contributed by atoms with van der Waals surface area (Å²) in [6, 6.07) is 9.95. The van der Waals surface area contributed by atoms with Crippen molar-refractivity contribution < 1.29 is 14.7 Å². The molecule has 18 heavy (non-hydrogen) atoms. The van der Waals surface area contributed by atoms with Crippen LogP contribution >= 0.6 is 0 Å². The highest BCUT2D eigenvalue weighted by molar-refractivity contribution is 5.65. The van der Waals surface area contributed by atoms with Gasteiger partial charge in [-0.1, -0.05) is 30.3 Å². The van der Waals surface area contributed by atoms with E-state index >= 15 is 0 Å². The smallest absolute Gasteiger partial charge is 0.407 e. The van der Waals surface area contributed by atoms with Crippen LogP contribution in [0.15, 0.2) is 30.3 Å². The predicted octanol–water partition coefficient (Wildman–Crippen LogP) is 1.85. The van der Waals surface area contributed by atoms with Gasteiger partial charge in [0.15, 0.2) is 0 Å². The van der Waals surface area contributed by atoms with Crippen molar-refractivity contribution in [3.8, 4) is 0 Å². The molecule has 1 aliphatic rings. The highest BCUT2D eigenvalue weighted by atomic mass is 16.6. The van der Waals surface area contributed by atoms with E-state index < -0.39 is 6.09 Å². The Balaban J connectivity index is 1.72. The molecule has 0 aromatic heterocycles. The van der Waals surface area contributed by atoms with Crippen molar-refractivity contribution in [1.29, 1.82) is 0 Å². The zero-order valence-corrected chi connectivity index (χ0v) is 10.2. The molecule has 1 aromatic carbocycles. The van der Waals surface area contributed by atoms with Gasteiger partial charge in [-0.3, -0.25) is 4.84 Å². The van der Waals surface area contributed by atoms with E-state index in [0.29, 0.717) is 19.7 Å². The zero-order valence-electron chi connectivity index (χ0n) is 10.2. The van der Waals surface area contributed by atoms with E-state index in [1.807, 2.05) is 30.3 Å². The van der Waals surface area contributed by atoms with Crippen molar-refractivity contribution >= 4 is 6.09 Å². The molecule has 1 unspecified atom stereocenters. The Labute approximate surface area is 106 Å². The lowest BCUT2D eigenvalue weighted by Gasteiger charge is -2.30. The van der Waals surface area contributed by atoms with Gasteiger partial charge in [0.25, 0.3) is 0 Å². The molecule has 1 fully saturated rings. The standard InChI is InChI=1S/C13H18N2O3/c16-13(17)15-8-4-7-12(9-15)14-18-10-11-5-2-1-3-6-11/h1-3,5-6,12,14H,4,7-10H2,(H,16,17). The van der Waals surface area contributed by atoms with Gasteiger partial charge in [-0.15, -0.1) is 0 Å². The molecular weight excluding hydrogens is 232 g/mol. The first-order valence-corrected chi connectivity index (χ1v) is 6.15. The molecule has 98 valence electrons. The number of rotatable bonds is 4. The van der Waals surface area contributed by atoms with Gasteiger partial charge in [-0.25, -0.2) is 4.79 Å². The Morgan fingerprint density at radius 1 is 1.44 bits per heavy atom. The van der Waals surface area contributed by atoms with Crippen LogP contribution in [-0.4, -0.2) is 35.2 Å². The van der Waals surface area contributed by atoms with Gasteiger partial charge < -0.3 is 10.0 Å². The molecule has 2 N–H and O–H groups in total. The normalized spacial score (nSPS) is 19.8. The Bertz CT molecular complexity index is 383. The monoisotopic (exact) mass is 250 g/mol. The Morgan fingerprint density at radius 3 is 2.94 bits per heavy atom. The van der Waals surface area contributed by atoms with Crippen molar-refractivity contribution in [2.45, 2.75) is 25.5 Å². The van der Waals surface area contributed by atoms with Gasteiger partial charge in [-0.05, 0) is 18.4 Å². The van der Waals surface area contributed by atoms with E-state index in [9.17, 15) is 4.79 Å². The SMILES string of the molecule is O=C(O)N1CCCC(NOCc2ccccc2)C1. The summed E-state index contributed by atoms with van der Waals surface area (Å²) in [5, 5.41) is 8.92. The number of benzene rings is 1. The van der Waals surface area contributed by atoms with Crippen LogP contribution in [0, 0.1) is 0 Å². The summed E-state index contributed by atoms with van der Waals surface area (Å²) in [6.07, 6.45) is 0.960. The number of piperidine rings is 1. The van der Waals surface area contributed by atoms with Gasteiger partial charge in [0.05, 0.1) is 12.6 Å². The van der Waals surface area contributed by atoms with E-state index in [4.69, 9.17) is 9.94 Å². The number of nitrogens with one attached hydrogen (secondary N) is 1. The minimum Gasteiger partial charge on any atom is -0.465 e. The average molecular weight is 250 g/mol. The molecule has 0 bridgehead atoms. The van der Waals surface area contributed by atoms with Crippen LogP contribution in [0.4, 0.5) is 4.79 Å². The maximum Gasteiger partial charge on any atom is 0.407 e. The summed E-state index contributed by atoms with van der Waals surface area (Å²) < 4.78 is 0. The number of hydrogen-bond acceptors (Lipinski definition) is 3. The fourth-order valence-electron chi connectivity index (χ4n) is 2.06. The number of nitrogens with zero attached hydrogens (tertiary/aromatic N) is 1. The Morgan fingerprint density at radius 2 is 2.22 bits per heavy atom. The van der Waals surface area contributed by atoms with Gasteiger partial charge in [0.2, 0.25) is 0 Å². The molecule has 2 rings (SSSR count). The van der Waals surface area contributed by atoms with Crippen molar-refractivity contribution in [2.24, 2.45) is 0 Å². The molecule has 5 heteroatoms. The van der Waals surface area contributed by atoms with E-state index in [1.165, 1.54) is 4.90 Å². The summed E-state index contributed by atoms with van der Waals surface area (Å²) in [6.45, 7) is 1.60. The number of amides is 1. The van der Waals surface area contributed by atoms with Gasteiger partial charge in [0.1, 0.15) is 0 Å². The van der Waals surface area contributed by atoms with Crippen LogP contribution in [-0.2, 0) is 11.4 Å². The number of likely N-dealkylation sites (tertiary alicyclic amines) is 1. The third-order valence-electron chi connectivity index (χ3n) is 3.02. The van der Waals surface area contributed by atoms with Crippen molar-refractivity contribution in [2.75, 3.05) is 13.1 Å². The highest BCUT2D eigenvalue weighted by Gasteiger charge is 2.22. The largest absolute Gasteiger partial charge is 0.465 e. The molecule has 5 nitrogen and oxygen atoms in total. The first kappa shape index (κ1) is 12.9. The molecule has 1 heterocycles. The molecule has 1 aromatic rings. The Kier molecular flexibility index (Phi) is 4.55. The van der Waals surface area contributed by atoms with Crippen LogP contribution in [0.5, 0.6) is 0 Å². The number of carboxylic acid groups (broad SMARTS) is 1. The molecule has 1 aliphatic heterocycles. The Hall–Kier alpha value is -1.59. The predicted molar refractivity (Wildman–Crippen MR) is 67.0 cm³/mol. The number of hydroxylamine groups is 1. The molecule has 0 saturated carbocycles. The molecule has 1 atom stereocenters. The van der Waals surface area contributed by atoms with E-state index in [0.717, 1.165) is 18.4 Å². The molecule has 0 radical (unpaired) electrons. The molecule has 1 saturated heterocycles. The summed E-state index contributed by atoms with van der Waals surface area (Å²) in [7, 11) is 0. The lowest BCUT2D eigenvalue weighted by atomic mass is 10.1. The summed E-state index contributed by atoms with van der Waals surface area (Å²) >= 11 is 0. The van der Waals surface area contributed by atoms with Gasteiger partial charge >= 0.3 is 6.09 Å². The second-order valence-corrected chi connectivity index (χ2v) is 4.46. The van der Waals surface area contributed by atoms with Crippen molar-refractivity contribution in [3.63, 3.8) is 0 Å². The average Bonchev–Trinajstić information content (AvgIpc) is 2.40. The topological polar surface area (TPSA) is 61.8 Å². The summed E-state index contributed by atoms with van der Waals surface area (Å²) in [5.41, 5.74) is 4.04. The minimum atomic E-state index is -0.857. The molecule has 1 amide bonds. The maximum absolute atomic E-state index is 10.9. The summed E-state index contributed by atoms with van der Waals surface area (Å²) in [5.74, 6) is 0. The van der Waals surface area contributed by atoms with Crippen LogP contribution in [0.25, 0.3) is 0 Å². The lowest BCUT2D eigenvalue weighted by Crippen LogP contribution is -2.47. The first-order valence-electron chi connectivity index (χ1n) is 6.15. The fourth-order valence-corrected chi connectivity index (χ4v) is 2.06. The highest BCUT2D eigenvalue weighted by Crippen LogP contribution is 2.10. The van der Waals surface area contributed by atoms with Crippen LogP contribution in [0.2, 0.25) is 0 Å². The lowest BCUT2D eigenvalue weighted by molar-refractivity contribution is -0.0130. The van der Waals surface area contributed by atoms with Crippen LogP contribution in [0.1, 0.15) is 18.4 Å². The first-order chi connectivity index (χ1) is 8.75. The van der Waals surface area contributed by atoms with Crippen molar-refractivity contribution in [1.82, 2.24) is 10.4 Å². The fraction of sp³-hybridized carbons (Fsp3) is 0.462.